The Morgan fingerprint density at radius 2 is 1.74 bits per heavy atom. The third kappa shape index (κ3) is 6.75. The molecule has 0 aromatic carbocycles. The Balaban J connectivity index is 2.67. The molecular weight excluding hydrogens is 308 g/mol. The van der Waals surface area contributed by atoms with Crippen molar-refractivity contribution >= 4 is 20.3 Å². The number of hydrogen-bond donors (Lipinski definition) is 0. The Morgan fingerprint density at radius 1 is 1.09 bits per heavy atom. The summed E-state index contributed by atoms with van der Waals surface area (Å²) in [5.41, 5.74) is 0.180. The Kier molecular flexibility index (Phi) is 9.06. The predicted octanol–water partition coefficient (Wildman–Crippen LogP) is 4.83. The van der Waals surface area contributed by atoms with E-state index in [1.807, 2.05) is 0 Å². The van der Waals surface area contributed by atoms with Gasteiger partial charge in [-0.1, -0.05) is 52.4 Å². The molecule has 5 heteroatoms. The van der Waals surface area contributed by atoms with Gasteiger partial charge in [-0.25, -0.2) is 0 Å². The number of carbonyl (C=O) groups excluding carboxylic acids is 2. The van der Waals surface area contributed by atoms with Gasteiger partial charge < -0.3 is 9.16 Å². The molecule has 0 saturated carbocycles. The summed E-state index contributed by atoms with van der Waals surface area (Å²) in [6, 6.07) is 0. The molecule has 23 heavy (non-hydrogen) atoms. The maximum absolute atomic E-state index is 12.1. The molecule has 1 saturated heterocycles. The lowest BCUT2D eigenvalue weighted by Crippen LogP contribution is -2.41. The van der Waals surface area contributed by atoms with Gasteiger partial charge in [0.25, 0.3) is 0 Å². The van der Waals surface area contributed by atoms with E-state index in [2.05, 4.69) is 26.9 Å². The number of hydrogen-bond acceptors (Lipinski definition) is 4. The van der Waals surface area contributed by atoms with E-state index in [1.165, 1.54) is 25.7 Å². The van der Waals surface area contributed by atoms with Gasteiger partial charge in [0.05, 0.1) is 12.3 Å². The Bertz CT molecular complexity index is 381. The van der Waals surface area contributed by atoms with Gasteiger partial charge in [-0.15, -0.1) is 0 Å². The second-order valence-corrected chi connectivity index (χ2v) is 11.5. The van der Waals surface area contributed by atoms with E-state index in [0.29, 0.717) is 0 Å². The van der Waals surface area contributed by atoms with Crippen LogP contribution in [0.15, 0.2) is 0 Å². The van der Waals surface area contributed by atoms with Crippen molar-refractivity contribution < 1.29 is 18.8 Å². The highest BCUT2D eigenvalue weighted by Gasteiger charge is 2.47. The number of cyclic esters (lactones) is 2. The molecule has 0 aromatic heterocycles. The van der Waals surface area contributed by atoms with Crippen LogP contribution in [0.4, 0.5) is 0 Å². The molecule has 0 radical (unpaired) electrons. The first-order valence-corrected chi connectivity index (χ1v) is 12.3. The number of carbonyl (C=O) groups is 2. The lowest BCUT2D eigenvalue weighted by atomic mass is 9.98. The van der Waals surface area contributed by atoms with E-state index in [1.54, 1.807) is 0 Å². The highest BCUT2D eigenvalue weighted by atomic mass is 28.4. The summed E-state index contributed by atoms with van der Waals surface area (Å²) in [4.78, 5) is 23.6. The van der Waals surface area contributed by atoms with Crippen LogP contribution >= 0.6 is 0 Å². The maximum atomic E-state index is 12.1. The number of ether oxygens (including phenoxy) is 1. The SMILES string of the molecule is CCCCCCCC(C1CC(=O)OC1=O)[Si](C)(C)OCCCC. The molecule has 0 bridgehead atoms. The van der Waals surface area contributed by atoms with Crippen molar-refractivity contribution in [1.29, 1.82) is 0 Å². The minimum absolute atomic E-state index is 0.180. The quantitative estimate of drug-likeness (QED) is 0.221. The second kappa shape index (κ2) is 10.2. The summed E-state index contributed by atoms with van der Waals surface area (Å²) in [6.07, 6.45) is 9.42. The molecule has 134 valence electrons. The fourth-order valence-corrected chi connectivity index (χ4v) is 6.39. The van der Waals surface area contributed by atoms with Crippen molar-refractivity contribution in [3.8, 4) is 0 Å². The van der Waals surface area contributed by atoms with Crippen LogP contribution in [0.1, 0.15) is 71.6 Å². The van der Waals surface area contributed by atoms with Crippen LogP contribution < -0.4 is 0 Å². The Morgan fingerprint density at radius 3 is 2.30 bits per heavy atom. The number of esters is 2. The van der Waals surface area contributed by atoms with Gasteiger partial charge in [0.15, 0.2) is 8.32 Å². The highest BCUT2D eigenvalue weighted by molar-refractivity contribution is 6.73. The zero-order valence-electron chi connectivity index (χ0n) is 15.4. The zero-order valence-corrected chi connectivity index (χ0v) is 16.4. The predicted molar refractivity (Wildman–Crippen MR) is 94.7 cm³/mol. The van der Waals surface area contributed by atoms with Crippen LogP contribution in [-0.4, -0.2) is 26.9 Å². The van der Waals surface area contributed by atoms with E-state index < -0.39 is 8.32 Å². The molecule has 1 aliphatic heterocycles. The van der Waals surface area contributed by atoms with E-state index in [-0.39, 0.29) is 29.8 Å². The van der Waals surface area contributed by atoms with Crippen LogP contribution in [-0.2, 0) is 18.8 Å². The molecule has 1 rings (SSSR count). The second-order valence-electron chi connectivity index (χ2n) is 7.22. The first-order chi connectivity index (χ1) is 10.9. The molecule has 1 fully saturated rings. The Labute approximate surface area is 142 Å². The van der Waals surface area contributed by atoms with E-state index in [9.17, 15) is 9.59 Å². The van der Waals surface area contributed by atoms with E-state index in [0.717, 1.165) is 32.3 Å². The monoisotopic (exact) mass is 342 g/mol. The van der Waals surface area contributed by atoms with Crippen LogP contribution in [0.5, 0.6) is 0 Å². The van der Waals surface area contributed by atoms with Gasteiger partial charge in [-0.3, -0.25) is 9.59 Å². The highest BCUT2D eigenvalue weighted by Crippen LogP contribution is 2.41. The molecular formula is C18H34O4Si. The van der Waals surface area contributed by atoms with Gasteiger partial charge in [0.1, 0.15) is 0 Å². The first kappa shape index (κ1) is 20.4. The molecule has 0 N–H and O–H groups in total. The van der Waals surface area contributed by atoms with E-state index >= 15 is 0 Å². The van der Waals surface area contributed by atoms with Gasteiger partial charge in [0, 0.05) is 6.61 Å². The fourth-order valence-electron chi connectivity index (χ4n) is 3.39. The fraction of sp³-hybridized carbons (Fsp3) is 0.889. The van der Waals surface area contributed by atoms with Gasteiger partial charge in [-0.2, -0.15) is 0 Å². The molecule has 0 spiro atoms. The lowest BCUT2D eigenvalue weighted by molar-refractivity contribution is -0.153. The summed E-state index contributed by atoms with van der Waals surface area (Å²) < 4.78 is 11.0. The average molecular weight is 343 g/mol. The van der Waals surface area contributed by atoms with Crippen molar-refractivity contribution in [2.75, 3.05) is 6.61 Å². The molecule has 0 aromatic rings. The molecule has 0 aliphatic carbocycles. The summed E-state index contributed by atoms with van der Waals surface area (Å²) in [5, 5.41) is 0. The number of rotatable bonds is 12. The van der Waals surface area contributed by atoms with Crippen molar-refractivity contribution in [2.24, 2.45) is 5.92 Å². The standard InChI is InChI=1S/C18H34O4Si/c1-5-7-9-10-11-12-16(15-14-17(19)22-18(15)20)23(3,4)21-13-8-6-2/h15-16H,5-14H2,1-4H3. The van der Waals surface area contributed by atoms with Crippen molar-refractivity contribution in [3.05, 3.63) is 0 Å². The minimum Gasteiger partial charge on any atom is -0.417 e. The first-order valence-electron chi connectivity index (χ1n) is 9.30. The summed E-state index contributed by atoms with van der Waals surface area (Å²) in [6.45, 7) is 9.50. The third-order valence-electron chi connectivity index (χ3n) is 4.87. The van der Waals surface area contributed by atoms with Crippen LogP contribution in [0.25, 0.3) is 0 Å². The van der Waals surface area contributed by atoms with Crippen molar-refractivity contribution in [3.63, 3.8) is 0 Å². The van der Waals surface area contributed by atoms with Gasteiger partial charge >= 0.3 is 11.9 Å². The van der Waals surface area contributed by atoms with E-state index in [4.69, 9.17) is 9.16 Å². The molecule has 0 amide bonds. The number of unbranched alkanes of at least 4 members (excludes halogenated alkanes) is 5. The molecule has 1 heterocycles. The topological polar surface area (TPSA) is 52.6 Å². The average Bonchev–Trinajstić information content (AvgIpc) is 2.81. The van der Waals surface area contributed by atoms with Crippen LogP contribution in [0.2, 0.25) is 18.6 Å². The normalized spacial score (nSPS) is 19.9. The van der Waals surface area contributed by atoms with Gasteiger partial charge in [-0.05, 0) is 31.5 Å². The molecule has 1 aliphatic rings. The molecule has 4 nitrogen and oxygen atoms in total. The van der Waals surface area contributed by atoms with Crippen molar-refractivity contribution in [2.45, 2.75) is 90.3 Å². The zero-order chi connectivity index (χ0) is 17.3. The molecule has 2 unspecified atom stereocenters. The van der Waals surface area contributed by atoms with Crippen LogP contribution in [0, 0.1) is 5.92 Å². The summed E-state index contributed by atoms with van der Waals surface area (Å²) >= 11 is 0. The lowest BCUT2D eigenvalue weighted by Gasteiger charge is -2.34. The maximum Gasteiger partial charge on any atom is 0.317 e. The van der Waals surface area contributed by atoms with Gasteiger partial charge in [0.2, 0.25) is 0 Å². The summed E-state index contributed by atoms with van der Waals surface area (Å²) in [7, 11) is -2.03. The summed E-state index contributed by atoms with van der Waals surface area (Å²) in [5.74, 6) is -0.973. The van der Waals surface area contributed by atoms with Crippen LogP contribution in [0.3, 0.4) is 0 Å². The Hall–Kier alpha value is -0.683. The smallest absolute Gasteiger partial charge is 0.317 e. The third-order valence-corrected chi connectivity index (χ3v) is 8.30. The minimum atomic E-state index is -2.03. The molecule has 2 atom stereocenters. The largest absolute Gasteiger partial charge is 0.417 e. The van der Waals surface area contributed by atoms with Crippen molar-refractivity contribution in [1.82, 2.24) is 0 Å².